The number of phenolic OH excluding ortho intramolecular Hbond substituents is 1. The van der Waals surface area contributed by atoms with Gasteiger partial charge in [-0.15, -0.1) is 0 Å². The molecule has 0 amide bonds. The van der Waals surface area contributed by atoms with E-state index in [1.54, 1.807) is 6.07 Å². The Hall–Kier alpha value is -1.55. The fourth-order valence-electron chi connectivity index (χ4n) is 5.19. The minimum absolute atomic E-state index is 0.0627. The van der Waals surface area contributed by atoms with E-state index in [1.165, 1.54) is 11.1 Å². The number of hydrogen-bond acceptors (Lipinski definition) is 4. The van der Waals surface area contributed by atoms with Crippen molar-refractivity contribution in [2.45, 2.75) is 75.7 Å². The van der Waals surface area contributed by atoms with Gasteiger partial charge in [0.15, 0.2) is 0 Å². The van der Waals surface area contributed by atoms with E-state index >= 15 is 0 Å². The third kappa shape index (κ3) is 3.36. The Kier molecular flexibility index (Phi) is 5.61. The first kappa shape index (κ1) is 19.2. The standard InChI is InChI=1S/C22H33NO3/c1-4-7-20(25)26-22-12-6-5-11-21(22,14-15-23(2)3)19-16-18(24)9-8-17(19)10-13-22/h8-9,16,24H,4-7,10-15H2,1-3H3. The van der Waals surface area contributed by atoms with Gasteiger partial charge in [-0.1, -0.05) is 19.4 Å². The highest BCUT2D eigenvalue weighted by Gasteiger charge is 2.58. The second-order valence-corrected chi connectivity index (χ2v) is 8.40. The van der Waals surface area contributed by atoms with Crippen molar-refractivity contribution in [3.63, 3.8) is 0 Å². The summed E-state index contributed by atoms with van der Waals surface area (Å²) in [5.41, 5.74) is 1.92. The molecule has 1 fully saturated rings. The molecule has 1 N–H and O–H groups in total. The predicted octanol–water partition coefficient (Wildman–Crippen LogP) is 4.18. The molecule has 4 nitrogen and oxygen atoms in total. The molecule has 4 heteroatoms. The minimum atomic E-state index is -0.422. The molecular formula is C22H33NO3. The first-order valence-electron chi connectivity index (χ1n) is 10.1. The number of rotatable bonds is 6. The summed E-state index contributed by atoms with van der Waals surface area (Å²) in [6, 6.07) is 5.80. The van der Waals surface area contributed by atoms with Crippen LogP contribution >= 0.6 is 0 Å². The molecule has 1 aromatic carbocycles. The van der Waals surface area contributed by atoms with Crippen LogP contribution in [0.1, 0.15) is 69.4 Å². The van der Waals surface area contributed by atoms with Crippen molar-refractivity contribution in [3.8, 4) is 5.75 Å². The van der Waals surface area contributed by atoms with Crippen LogP contribution in [0.2, 0.25) is 0 Å². The summed E-state index contributed by atoms with van der Waals surface area (Å²) in [5, 5.41) is 10.2. The Morgan fingerprint density at radius 2 is 2.00 bits per heavy atom. The molecule has 0 aliphatic heterocycles. The van der Waals surface area contributed by atoms with Gasteiger partial charge >= 0.3 is 5.97 Å². The molecule has 0 bridgehead atoms. The largest absolute Gasteiger partial charge is 0.508 e. The molecule has 26 heavy (non-hydrogen) atoms. The maximum absolute atomic E-state index is 12.5. The molecule has 2 unspecified atom stereocenters. The molecule has 2 atom stereocenters. The second-order valence-electron chi connectivity index (χ2n) is 8.40. The van der Waals surface area contributed by atoms with Gasteiger partial charge in [-0.3, -0.25) is 4.79 Å². The van der Waals surface area contributed by atoms with Crippen molar-refractivity contribution in [2.24, 2.45) is 0 Å². The third-order valence-electron chi connectivity index (χ3n) is 6.46. The summed E-state index contributed by atoms with van der Waals surface area (Å²) >= 11 is 0. The van der Waals surface area contributed by atoms with Crippen LogP contribution in [0.3, 0.4) is 0 Å². The van der Waals surface area contributed by atoms with Crippen LogP contribution in [-0.4, -0.2) is 42.2 Å². The Morgan fingerprint density at radius 1 is 1.23 bits per heavy atom. The number of carbonyl (C=O) groups is 1. The number of ether oxygens (including phenoxy) is 1. The molecule has 0 radical (unpaired) electrons. The highest BCUT2D eigenvalue weighted by Crippen LogP contribution is 2.57. The van der Waals surface area contributed by atoms with Gasteiger partial charge in [0.25, 0.3) is 0 Å². The summed E-state index contributed by atoms with van der Waals surface area (Å²) in [6.45, 7) is 2.97. The molecule has 0 heterocycles. The van der Waals surface area contributed by atoms with Gasteiger partial charge in [0.2, 0.25) is 0 Å². The van der Waals surface area contributed by atoms with Crippen LogP contribution in [0.4, 0.5) is 0 Å². The van der Waals surface area contributed by atoms with Crippen LogP contribution in [0.5, 0.6) is 5.75 Å². The van der Waals surface area contributed by atoms with Gasteiger partial charge in [-0.2, -0.15) is 0 Å². The first-order chi connectivity index (χ1) is 12.4. The highest BCUT2D eigenvalue weighted by molar-refractivity contribution is 5.70. The van der Waals surface area contributed by atoms with Gasteiger partial charge in [0.1, 0.15) is 11.4 Å². The summed E-state index contributed by atoms with van der Waals surface area (Å²) in [4.78, 5) is 14.7. The molecule has 3 rings (SSSR count). The fraction of sp³-hybridized carbons (Fsp3) is 0.682. The summed E-state index contributed by atoms with van der Waals surface area (Å²) < 4.78 is 6.32. The number of esters is 1. The smallest absolute Gasteiger partial charge is 0.306 e. The van der Waals surface area contributed by atoms with Gasteiger partial charge in [-0.25, -0.2) is 0 Å². The number of hydrogen-bond donors (Lipinski definition) is 1. The molecular weight excluding hydrogens is 326 g/mol. The molecule has 0 spiro atoms. The normalized spacial score (nSPS) is 27.7. The van der Waals surface area contributed by atoms with E-state index in [1.807, 2.05) is 13.0 Å². The van der Waals surface area contributed by atoms with Crippen LogP contribution < -0.4 is 0 Å². The number of aromatic hydroxyl groups is 1. The minimum Gasteiger partial charge on any atom is -0.508 e. The van der Waals surface area contributed by atoms with Gasteiger partial charge in [-0.05, 0) is 88.8 Å². The van der Waals surface area contributed by atoms with E-state index in [4.69, 9.17) is 4.74 Å². The topological polar surface area (TPSA) is 49.8 Å². The lowest BCUT2D eigenvalue weighted by Gasteiger charge is -2.56. The Balaban J connectivity index is 2.08. The zero-order chi connectivity index (χ0) is 18.8. The maximum Gasteiger partial charge on any atom is 0.306 e. The highest BCUT2D eigenvalue weighted by atomic mass is 16.6. The first-order valence-corrected chi connectivity index (χ1v) is 10.1. The SMILES string of the molecule is CCCC(=O)OC12CCCCC1(CCN(C)C)c1cc(O)ccc1CC2. The maximum atomic E-state index is 12.5. The number of nitrogens with zero attached hydrogens (tertiary/aromatic N) is 1. The van der Waals surface area contributed by atoms with Crippen molar-refractivity contribution in [2.75, 3.05) is 20.6 Å². The van der Waals surface area contributed by atoms with Crippen LogP contribution in [0.15, 0.2) is 18.2 Å². The molecule has 2 aliphatic rings. The van der Waals surface area contributed by atoms with Gasteiger partial charge < -0.3 is 14.7 Å². The van der Waals surface area contributed by atoms with E-state index in [0.29, 0.717) is 12.2 Å². The quantitative estimate of drug-likeness (QED) is 0.774. The van der Waals surface area contributed by atoms with Crippen LogP contribution in [0, 0.1) is 0 Å². The van der Waals surface area contributed by atoms with Crippen molar-refractivity contribution in [1.29, 1.82) is 0 Å². The monoisotopic (exact) mass is 359 g/mol. The molecule has 0 aromatic heterocycles. The fourth-order valence-corrected chi connectivity index (χ4v) is 5.19. The zero-order valence-electron chi connectivity index (χ0n) is 16.5. The summed E-state index contributed by atoms with van der Waals surface area (Å²) in [6.07, 6.45) is 8.28. The molecule has 144 valence electrons. The lowest BCUT2D eigenvalue weighted by atomic mass is 9.53. The summed E-state index contributed by atoms with van der Waals surface area (Å²) in [5.74, 6) is 0.251. The number of phenols is 1. The number of fused-ring (bicyclic) bond motifs is 3. The number of aryl methyl sites for hydroxylation is 1. The van der Waals surface area contributed by atoms with Gasteiger partial charge in [0, 0.05) is 11.8 Å². The molecule has 0 saturated heterocycles. The van der Waals surface area contributed by atoms with E-state index < -0.39 is 5.60 Å². The Morgan fingerprint density at radius 3 is 2.73 bits per heavy atom. The molecule has 1 aromatic rings. The molecule has 1 saturated carbocycles. The number of carbonyl (C=O) groups excluding carboxylic acids is 1. The van der Waals surface area contributed by atoms with E-state index in [0.717, 1.165) is 57.9 Å². The second kappa shape index (κ2) is 7.59. The molecule has 2 aliphatic carbocycles. The Labute approximate surface area is 157 Å². The third-order valence-corrected chi connectivity index (χ3v) is 6.46. The van der Waals surface area contributed by atoms with E-state index in [9.17, 15) is 9.90 Å². The van der Waals surface area contributed by atoms with E-state index in [-0.39, 0.29) is 11.4 Å². The summed E-state index contributed by atoms with van der Waals surface area (Å²) in [7, 11) is 4.19. The predicted molar refractivity (Wildman–Crippen MR) is 103 cm³/mol. The van der Waals surface area contributed by atoms with Crippen molar-refractivity contribution >= 4 is 5.97 Å². The average Bonchev–Trinajstić information content (AvgIpc) is 2.60. The lowest BCUT2D eigenvalue weighted by Crippen LogP contribution is -2.59. The average molecular weight is 360 g/mol. The van der Waals surface area contributed by atoms with Crippen LogP contribution in [0.25, 0.3) is 0 Å². The zero-order valence-corrected chi connectivity index (χ0v) is 16.5. The van der Waals surface area contributed by atoms with Crippen molar-refractivity contribution in [3.05, 3.63) is 29.3 Å². The van der Waals surface area contributed by atoms with E-state index in [2.05, 4.69) is 25.1 Å². The van der Waals surface area contributed by atoms with Gasteiger partial charge in [0.05, 0.1) is 0 Å². The lowest BCUT2D eigenvalue weighted by molar-refractivity contribution is -0.179. The van der Waals surface area contributed by atoms with Crippen LogP contribution in [-0.2, 0) is 21.4 Å². The number of benzene rings is 1. The van der Waals surface area contributed by atoms with Crippen molar-refractivity contribution in [1.82, 2.24) is 4.90 Å². The Bertz CT molecular complexity index is 657. The van der Waals surface area contributed by atoms with Crippen molar-refractivity contribution < 1.29 is 14.6 Å².